The van der Waals surface area contributed by atoms with E-state index in [1.165, 1.54) is 16.9 Å². The van der Waals surface area contributed by atoms with Gasteiger partial charge in [0.2, 0.25) is 11.0 Å². The van der Waals surface area contributed by atoms with Crippen molar-refractivity contribution in [3.63, 3.8) is 0 Å². The van der Waals surface area contributed by atoms with Gasteiger partial charge in [0.05, 0.1) is 12.6 Å². The quantitative estimate of drug-likeness (QED) is 0.646. The fourth-order valence-electron chi connectivity index (χ4n) is 1.35. The topological polar surface area (TPSA) is 93.3 Å². The van der Waals surface area contributed by atoms with E-state index in [2.05, 4.69) is 20.7 Å². The number of hydrazone groups is 1. The molecule has 0 saturated heterocycles. The van der Waals surface area contributed by atoms with Crippen LogP contribution in [0.3, 0.4) is 0 Å². The maximum atomic E-state index is 11.5. The molecule has 6 nitrogen and oxygen atoms in total. The molecule has 0 bridgehead atoms. The summed E-state index contributed by atoms with van der Waals surface area (Å²) in [5.74, 6) is -0.250. The number of carbonyl (C=O) groups is 1. The molecule has 0 unspecified atom stereocenters. The summed E-state index contributed by atoms with van der Waals surface area (Å²) in [7, 11) is 0. The van der Waals surface area contributed by atoms with Gasteiger partial charge in [0.25, 0.3) is 0 Å². The Balaban J connectivity index is 1.84. The second-order valence-electron chi connectivity index (χ2n) is 3.91. The van der Waals surface area contributed by atoms with Gasteiger partial charge in [0.1, 0.15) is 5.01 Å². The number of nitrogens with zero attached hydrogens (tertiary/aromatic N) is 3. The van der Waals surface area contributed by atoms with Gasteiger partial charge < -0.3 is 5.73 Å². The molecule has 2 aromatic rings. The molecule has 1 aromatic carbocycles. The molecular weight excluding hydrogens is 262 g/mol. The van der Waals surface area contributed by atoms with Crippen molar-refractivity contribution in [3.05, 3.63) is 40.4 Å². The highest BCUT2D eigenvalue weighted by atomic mass is 32.1. The van der Waals surface area contributed by atoms with Crippen LogP contribution in [0.4, 0.5) is 5.13 Å². The SMILES string of the molecule is Cc1ccc(C=NNC(=O)Cc2nnc(N)s2)cc1. The molecule has 3 N–H and O–H groups in total. The number of nitrogens with one attached hydrogen (secondary N) is 1. The second-order valence-corrected chi connectivity index (χ2v) is 5.01. The number of nitrogens with two attached hydrogens (primary N) is 1. The zero-order chi connectivity index (χ0) is 13.7. The third-order valence-electron chi connectivity index (χ3n) is 2.27. The minimum atomic E-state index is -0.250. The normalized spacial score (nSPS) is 10.8. The maximum absolute atomic E-state index is 11.5. The lowest BCUT2D eigenvalue weighted by molar-refractivity contribution is -0.120. The largest absolute Gasteiger partial charge is 0.374 e. The number of carbonyl (C=O) groups excluding carboxylic acids is 1. The van der Waals surface area contributed by atoms with E-state index in [0.717, 1.165) is 5.56 Å². The first-order valence-corrected chi connectivity index (χ1v) is 6.41. The van der Waals surface area contributed by atoms with Gasteiger partial charge in [0.15, 0.2) is 0 Å². The monoisotopic (exact) mass is 275 g/mol. The van der Waals surface area contributed by atoms with Crippen LogP contribution in [0.15, 0.2) is 29.4 Å². The highest BCUT2D eigenvalue weighted by molar-refractivity contribution is 7.15. The first kappa shape index (κ1) is 13.2. The van der Waals surface area contributed by atoms with Gasteiger partial charge >= 0.3 is 0 Å². The average Bonchev–Trinajstić information content (AvgIpc) is 2.77. The average molecular weight is 275 g/mol. The summed E-state index contributed by atoms with van der Waals surface area (Å²) < 4.78 is 0. The van der Waals surface area contributed by atoms with Gasteiger partial charge in [-0.15, -0.1) is 10.2 Å². The smallest absolute Gasteiger partial charge is 0.247 e. The molecule has 0 aliphatic rings. The molecule has 0 radical (unpaired) electrons. The van der Waals surface area contributed by atoms with Crippen molar-refractivity contribution in [1.29, 1.82) is 0 Å². The molecule has 0 aliphatic carbocycles. The molecule has 0 aliphatic heterocycles. The Morgan fingerprint density at radius 1 is 1.42 bits per heavy atom. The van der Waals surface area contributed by atoms with E-state index in [1.54, 1.807) is 6.21 Å². The summed E-state index contributed by atoms with van der Waals surface area (Å²) >= 11 is 1.19. The van der Waals surface area contributed by atoms with Gasteiger partial charge in [0, 0.05) is 0 Å². The summed E-state index contributed by atoms with van der Waals surface area (Å²) in [6.45, 7) is 2.01. The van der Waals surface area contributed by atoms with Gasteiger partial charge in [-0.2, -0.15) is 5.10 Å². The molecule has 2 rings (SSSR count). The van der Waals surface area contributed by atoms with Crippen LogP contribution in [-0.4, -0.2) is 22.3 Å². The molecule has 19 heavy (non-hydrogen) atoms. The Kier molecular flexibility index (Phi) is 4.19. The number of aryl methyl sites for hydroxylation is 1. The van der Waals surface area contributed by atoms with Crippen LogP contribution in [0.2, 0.25) is 0 Å². The number of rotatable bonds is 4. The first-order chi connectivity index (χ1) is 9.13. The van der Waals surface area contributed by atoms with Crippen LogP contribution in [-0.2, 0) is 11.2 Å². The van der Waals surface area contributed by atoms with Gasteiger partial charge in [-0.1, -0.05) is 41.2 Å². The molecule has 0 fully saturated rings. The van der Waals surface area contributed by atoms with Crippen molar-refractivity contribution in [3.8, 4) is 0 Å². The number of hydrogen-bond donors (Lipinski definition) is 2. The number of benzene rings is 1. The van der Waals surface area contributed by atoms with Crippen LogP contribution >= 0.6 is 11.3 Å². The molecule has 1 aromatic heterocycles. The van der Waals surface area contributed by atoms with Gasteiger partial charge in [-0.05, 0) is 12.5 Å². The van der Waals surface area contributed by atoms with Crippen LogP contribution in [0.25, 0.3) is 0 Å². The van der Waals surface area contributed by atoms with Crippen LogP contribution in [0.1, 0.15) is 16.1 Å². The van der Waals surface area contributed by atoms with Crippen molar-refractivity contribution in [1.82, 2.24) is 15.6 Å². The fourth-order valence-corrected chi connectivity index (χ4v) is 1.95. The Labute approximate surface area is 114 Å². The number of nitrogen functional groups attached to an aromatic ring is 1. The van der Waals surface area contributed by atoms with E-state index in [-0.39, 0.29) is 12.3 Å². The zero-order valence-corrected chi connectivity index (χ0v) is 11.1. The summed E-state index contributed by atoms with van der Waals surface area (Å²) in [5.41, 5.74) is 9.96. The van der Waals surface area contributed by atoms with E-state index in [1.807, 2.05) is 31.2 Å². The van der Waals surface area contributed by atoms with Crippen molar-refractivity contribution >= 4 is 28.6 Å². The predicted molar refractivity (Wildman–Crippen MR) is 74.9 cm³/mol. The minimum Gasteiger partial charge on any atom is -0.374 e. The molecule has 98 valence electrons. The molecule has 0 saturated carbocycles. The maximum Gasteiger partial charge on any atom is 0.247 e. The fraction of sp³-hybridized carbons (Fsp3) is 0.167. The number of hydrogen-bond acceptors (Lipinski definition) is 6. The summed E-state index contributed by atoms with van der Waals surface area (Å²) in [4.78, 5) is 11.5. The Morgan fingerprint density at radius 2 is 2.16 bits per heavy atom. The lowest BCUT2D eigenvalue weighted by Gasteiger charge is -1.97. The van der Waals surface area contributed by atoms with Crippen molar-refractivity contribution in [2.24, 2.45) is 5.10 Å². The van der Waals surface area contributed by atoms with Crippen LogP contribution in [0.5, 0.6) is 0 Å². The van der Waals surface area contributed by atoms with Crippen LogP contribution < -0.4 is 11.2 Å². The first-order valence-electron chi connectivity index (χ1n) is 5.60. The molecule has 0 spiro atoms. The van der Waals surface area contributed by atoms with E-state index < -0.39 is 0 Å². The van der Waals surface area contributed by atoms with E-state index in [9.17, 15) is 4.79 Å². The van der Waals surface area contributed by atoms with Crippen molar-refractivity contribution < 1.29 is 4.79 Å². The lowest BCUT2D eigenvalue weighted by Crippen LogP contribution is -2.19. The Morgan fingerprint density at radius 3 is 2.79 bits per heavy atom. The Bertz CT molecular complexity index is 590. The Hall–Kier alpha value is -2.28. The lowest BCUT2D eigenvalue weighted by atomic mass is 10.2. The highest BCUT2D eigenvalue weighted by Crippen LogP contribution is 2.10. The summed E-state index contributed by atoms with van der Waals surface area (Å²) in [6.07, 6.45) is 1.71. The van der Waals surface area contributed by atoms with Crippen molar-refractivity contribution in [2.45, 2.75) is 13.3 Å². The van der Waals surface area contributed by atoms with E-state index in [0.29, 0.717) is 10.1 Å². The van der Waals surface area contributed by atoms with Gasteiger partial charge in [-0.25, -0.2) is 5.43 Å². The third kappa shape index (κ3) is 4.14. The molecule has 1 heterocycles. The van der Waals surface area contributed by atoms with Crippen molar-refractivity contribution in [2.75, 3.05) is 5.73 Å². The molecule has 7 heteroatoms. The standard InChI is InChI=1S/C12H13N5OS/c1-8-2-4-9(5-3-8)7-14-15-10(18)6-11-16-17-12(13)19-11/h2-5,7H,6H2,1H3,(H2,13,17)(H,15,18). The zero-order valence-electron chi connectivity index (χ0n) is 10.3. The number of anilines is 1. The molecule has 0 atom stereocenters. The number of amides is 1. The molecule has 1 amide bonds. The summed E-state index contributed by atoms with van der Waals surface area (Å²) in [6, 6.07) is 7.81. The number of aromatic nitrogens is 2. The highest BCUT2D eigenvalue weighted by Gasteiger charge is 2.06. The predicted octanol–water partition coefficient (Wildman–Crippen LogP) is 1.12. The van der Waals surface area contributed by atoms with Crippen LogP contribution in [0, 0.1) is 6.92 Å². The second kappa shape index (κ2) is 6.05. The minimum absolute atomic E-state index is 0.125. The summed E-state index contributed by atoms with van der Waals surface area (Å²) in [5, 5.41) is 12.2. The molecular formula is C12H13N5OS. The third-order valence-corrected chi connectivity index (χ3v) is 3.03. The van der Waals surface area contributed by atoms with E-state index >= 15 is 0 Å². The van der Waals surface area contributed by atoms with E-state index in [4.69, 9.17) is 5.73 Å². The van der Waals surface area contributed by atoms with Gasteiger partial charge in [-0.3, -0.25) is 4.79 Å².